The first-order valence-corrected chi connectivity index (χ1v) is 6.75. The average molecular weight is 308 g/mol. The molecule has 0 bridgehead atoms. The molecule has 0 unspecified atom stereocenters. The fraction of sp³-hybridized carbons (Fsp3) is 0.357. The van der Waals surface area contributed by atoms with Crippen molar-refractivity contribution in [3.63, 3.8) is 0 Å². The number of urea groups is 1. The third-order valence-electron chi connectivity index (χ3n) is 2.86. The third kappa shape index (κ3) is 4.97. The first-order chi connectivity index (χ1) is 10.3. The van der Waals surface area contributed by atoms with Crippen LogP contribution in [-0.4, -0.2) is 30.7 Å². The van der Waals surface area contributed by atoms with Crippen LogP contribution in [0.1, 0.15) is 19.4 Å². The van der Waals surface area contributed by atoms with E-state index in [0.717, 1.165) is 5.56 Å². The number of nitrogens with one attached hydrogen (secondary N) is 3. The summed E-state index contributed by atoms with van der Waals surface area (Å²) in [6.07, 6.45) is -0.553. The predicted octanol–water partition coefficient (Wildman–Crippen LogP) is 1.56. The molecule has 0 fully saturated rings. The summed E-state index contributed by atoms with van der Waals surface area (Å²) in [6.45, 7) is 5.35. The highest BCUT2D eigenvalue weighted by atomic mass is 16.5. The van der Waals surface area contributed by atoms with Crippen LogP contribution in [0.5, 0.6) is 0 Å². The van der Waals surface area contributed by atoms with Crippen molar-refractivity contribution in [1.82, 2.24) is 5.32 Å². The van der Waals surface area contributed by atoms with Gasteiger partial charge in [0.15, 0.2) is 0 Å². The summed E-state index contributed by atoms with van der Waals surface area (Å²) < 4.78 is 4.82. The van der Waals surface area contributed by atoms with Gasteiger partial charge in [-0.15, -0.1) is 0 Å². The van der Waals surface area contributed by atoms with Gasteiger partial charge in [0.05, 0.1) is 6.61 Å². The molecule has 0 saturated heterocycles. The van der Waals surface area contributed by atoms with Crippen molar-refractivity contribution in [3.8, 4) is 0 Å². The quantitative estimate of drug-likeness (QED) is 0.657. The van der Waals surface area contributed by atoms with E-state index in [1.165, 1.54) is 0 Å². The Bertz CT molecular complexity index is 574. The zero-order valence-electron chi connectivity index (χ0n) is 12.7. The Morgan fingerprint density at radius 2 is 1.91 bits per heavy atom. The van der Waals surface area contributed by atoms with E-state index in [-0.39, 0.29) is 6.61 Å². The lowest BCUT2D eigenvalue weighted by molar-refractivity contribution is -0.120. The smallest absolute Gasteiger partial charge is 0.411 e. The van der Waals surface area contributed by atoms with Gasteiger partial charge in [0.25, 0.3) is 0 Å². The number of primary amides is 1. The molecule has 0 heterocycles. The van der Waals surface area contributed by atoms with Crippen molar-refractivity contribution >= 4 is 29.4 Å². The summed E-state index contributed by atoms with van der Waals surface area (Å²) in [5, 5.41) is 7.55. The molecule has 1 aromatic carbocycles. The molecule has 8 nitrogen and oxygen atoms in total. The summed E-state index contributed by atoms with van der Waals surface area (Å²) in [4.78, 5) is 33.8. The molecule has 0 saturated carbocycles. The van der Waals surface area contributed by atoms with E-state index in [0.29, 0.717) is 11.4 Å². The second kappa shape index (κ2) is 7.87. The van der Waals surface area contributed by atoms with Gasteiger partial charge in [-0.2, -0.15) is 0 Å². The van der Waals surface area contributed by atoms with E-state index in [2.05, 4.69) is 10.6 Å². The van der Waals surface area contributed by atoms with Gasteiger partial charge >= 0.3 is 12.1 Å². The standard InChI is InChI=1S/C14H20N4O4/c1-4-22-14(21)17-11-7-5-6-10(8(11)2)16-9(3)12(19)18-13(15)20/h5-7,9,16H,4H2,1-3H3,(H,17,21)(H3,15,18,19,20)/t9-/m1/s1. The molecule has 0 spiro atoms. The second-order valence-electron chi connectivity index (χ2n) is 4.54. The van der Waals surface area contributed by atoms with Gasteiger partial charge in [0.1, 0.15) is 6.04 Å². The lowest BCUT2D eigenvalue weighted by Gasteiger charge is -2.18. The molecule has 4 amide bonds. The zero-order chi connectivity index (χ0) is 16.7. The number of imide groups is 1. The van der Waals surface area contributed by atoms with Crippen molar-refractivity contribution in [2.24, 2.45) is 5.73 Å². The van der Waals surface area contributed by atoms with Crippen LogP contribution in [0.3, 0.4) is 0 Å². The van der Waals surface area contributed by atoms with E-state index in [1.807, 2.05) is 5.32 Å². The van der Waals surface area contributed by atoms with Gasteiger partial charge in [0, 0.05) is 11.4 Å². The molecular formula is C14H20N4O4. The number of carbonyl (C=O) groups excluding carboxylic acids is 3. The van der Waals surface area contributed by atoms with Crippen LogP contribution < -0.4 is 21.7 Å². The van der Waals surface area contributed by atoms with E-state index in [4.69, 9.17) is 10.5 Å². The van der Waals surface area contributed by atoms with Gasteiger partial charge < -0.3 is 15.8 Å². The molecule has 1 rings (SSSR count). The SMILES string of the molecule is CCOC(=O)Nc1cccc(N[C@H](C)C(=O)NC(N)=O)c1C. The number of amides is 4. The van der Waals surface area contributed by atoms with Gasteiger partial charge in [-0.1, -0.05) is 6.07 Å². The maximum absolute atomic E-state index is 11.7. The number of carbonyl (C=O) groups is 3. The summed E-state index contributed by atoms with van der Waals surface area (Å²) in [6, 6.07) is 3.60. The highest BCUT2D eigenvalue weighted by Crippen LogP contribution is 2.24. The Balaban J connectivity index is 2.81. The van der Waals surface area contributed by atoms with Gasteiger partial charge in [-0.05, 0) is 38.5 Å². The molecule has 120 valence electrons. The molecule has 1 atom stereocenters. The predicted molar refractivity (Wildman–Crippen MR) is 82.6 cm³/mol. The molecule has 22 heavy (non-hydrogen) atoms. The first kappa shape index (κ1) is 17.3. The molecule has 0 aliphatic rings. The minimum Gasteiger partial charge on any atom is -0.450 e. The number of hydrogen-bond acceptors (Lipinski definition) is 5. The van der Waals surface area contributed by atoms with Crippen LogP contribution in [0.25, 0.3) is 0 Å². The summed E-state index contributed by atoms with van der Waals surface area (Å²) in [5.74, 6) is -0.546. The normalized spacial score (nSPS) is 11.2. The Morgan fingerprint density at radius 3 is 2.50 bits per heavy atom. The van der Waals surface area contributed by atoms with Crippen LogP contribution in [-0.2, 0) is 9.53 Å². The lowest BCUT2D eigenvalue weighted by Crippen LogP contribution is -2.43. The fourth-order valence-electron chi connectivity index (χ4n) is 1.73. The van der Waals surface area contributed by atoms with Crippen molar-refractivity contribution < 1.29 is 19.1 Å². The summed E-state index contributed by atoms with van der Waals surface area (Å²) in [7, 11) is 0. The van der Waals surface area contributed by atoms with Gasteiger partial charge in [-0.25, -0.2) is 9.59 Å². The van der Waals surface area contributed by atoms with Crippen LogP contribution in [0.4, 0.5) is 21.0 Å². The minimum atomic E-state index is -0.909. The Kier molecular flexibility index (Phi) is 6.18. The van der Waals surface area contributed by atoms with E-state index < -0.39 is 24.1 Å². The molecule has 0 aromatic heterocycles. The highest BCUT2D eigenvalue weighted by molar-refractivity contribution is 5.97. The third-order valence-corrected chi connectivity index (χ3v) is 2.86. The van der Waals surface area contributed by atoms with Crippen LogP contribution in [0.15, 0.2) is 18.2 Å². The molecule has 1 aromatic rings. The summed E-state index contributed by atoms with van der Waals surface area (Å²) in [5.41, 5.74) is 6.83. The Hall–Kier alpha value is -2.77. The Labute approximate surface area is 128 Å². The number of rotatable bonds is 5. The van der Waals surface area contributed by atoms with Crippen molar-refractivity contribution in [3.05, 3.63) is 23.8 Å². The second-order valence-corrected chi connectivity index (χ2v) is 4.54. The van der Waals surface area contributed by atoms with Crippen LogP contribution in [0.2, 0.25) is 0 Å². The molecule has 0 aliphatic carbocycles. The van der Waals surface area contributed by atoms with E-state index in [1.54, 1.807) is 39.0 Å². The minimum absolute atomic E-state index is 0.271. The first-order valence-electron chi connectivity index (χ1n) is 6.75. The number of benzene rings is 1. The number of anilines is 2. The molecule has 5 N–H and O–H groups in total. The maximum atomic E-state index is 11.7. The van der Waals surface area contributed by atoms with Crippen LogP contribution in [0, 0.1) is 6.92 Å². The van der Waals surface area contributed by atoms with Crippen molar-refractivity contribution in [1.29, 1.82) is 0 Å². The zero-order valence-corrected chi connectivity index (χ0v) is 12.7. The van der Waals surface area contributed by atoms with Crippen LogP contribution >= 0.6 is 0 Å². The topological polar surface area (TPSA) is 123 Å². The van der Waals surface area contributed by atoms with Gasteiger partial charge in [-0.3, -0.25) is 15.4 Å². The molecular weight excluding hydrogens is 288 g/mol. The Morgan fingerprint density at radius 1 is 1.27 bits per heavy atom. The maximum Gasteiger partial charge on any atom is 0.411 e. The average Bonchev–Trinajstić information content (AvgIpc) is 2.42. The van der Waals surface area contributed by atoms with Gasteiger partial charge in [0.2, 0.25) is 5.91 Å². The van der Waals surface area contributed by atoms with Crippen molar-refractivity contribution in [2.75, 3.05) is 17.2 Å². The monoisotopic (exact) mass is 308 g/mol. The molecule has 0 radical (unpaired) electrons. The fourth-order valence-corrected chi connectivity index (χ4v) is 1.73. The van der Waals surface area contributed by atoms with E-state index in [9.17, 15) is 14.4 Å². The summed E-state index contributed by atoms with van der Waals surface area (Å²) >= 11 is 0. The molecule has 0 aliphatic heterocycles. The van der Waals surface area contributed by atoms with Crippen molar-refractivity contribution in [2.45, 2.75) is 26.8 Å². The number of ether oxygens (including phenoxy) is 1. The number of hydrogen-bond donors (Lipinski definition) is 4. The molecule has 8 heteroatoms. The number of nitrogens with two attached hydrogens (primary N) is 1. The highest BCUT2D eigenvalue weighted by Gasteiger charge is 2.16. The largest absolute Gasteiger partial charge is 0.450 e. The van der Waals surface area contributed by atoms with E-state index >= 15 is 0 Å². The lowest BCUT2D eigenvalue weighted by atomic mass is 10.1.